The van der Waals surface area contributed by atoms with Crippen LogP contribution in [0.25, 0.3) is 0 Å². The monoisotopic (exact) mass is 214 g/mol. The largest absolute Gasteiger partial charge is 0.392 e. The van der Waals surface area contributed by atoms with Crippen molar-refractivity contribution >= 4 is 0 Å². The lowest BCUT2D eigenvalue weighted by Crippen LogP contribution is -2.46. The van der Waals surface area contributed by atoms with Crippen molar-refractivity contribution in [3.05, 3.63) is 0 Å². The van der Waals surface area contributed by atoms with Crippen molar-refractivity contribution in [1.29, 1.82) is 0 Å². The van der Waals surface area contributed by atoms with Gasteiger partial charge in [-0.05, 0) is 39.3 Å². The molecule has 0 radical (unpaired) electrons. The van der Waals surface area contributed by atoms with E-state index in [4.69, 9.17) is 0 Å². The Hall–Kier alpha value is -0.120. The van der Waals surface area contributed by atoms with Gasteiger partial charge in [0.05, 0.1) is 6.10 Å². The molecule has 3 heteroatoms. The molecule has 0 aliphatic heterocycles. The zero-order valence-electron chi connectivity index (χ0n) is 10.4. The van der Waals surface area contributed by atoms with Gasteiger partial charge in [0.1, 0.15) is 0 Å². The second-order valence-corrected chi connectivity index (χ2v) is 4.66. The average molecular weight is 214 g/mol. The summed E-state index contributed by atoms with van der Waals surface area (Å²) in [5.74, 6) is 0. The van der Waals surface area contributed by atoms with Crippen molar-refractivity contribution in [3.63, 3.8) is 0 Å². The van der Waals surface area contributed by atoms with E-state index in [0.717, 1.165) is 38.9 Å². The highest BCUT2D eigenvalue weighted by Crippen LogP contribution is 2.19. The molecule has 3 atom stereocenters. The molecule has 0 saturated heterocycles. The first-order valence-corrected chi connectivity index (χ1v) is 6.33. The van der Waals surface area contributed by atoms with Gasteiger partial charge >= 0.3 is 0 Å². The molecule has 3 nitrogen and oxygen atoms in total. The molecule has 0 spiro atoms. The molecule has 90 valence electrons. The third-order valence-corrected chi connectivity index (χ3v) is 3.40. The van der Waals surface area contributed by atoms with Gasteiger partial charge in [0.2, 0.25) is 0 Å². The van der Waals surface area contributed by atoms with E-state index in [1.54, 1.807) is 0 Å². The van der Waals surface area contributed by atoms with Gasteiger partial charge in [0.25, 0.3) is 0 Å². The predicted octanol–water partition coefficient (Wildman–Crippen LogP) is 1.22. The van der Waals surface area contributed by atoms with Crippen molar-refractivity contribution < 1.29 is 5.11 Å². The maximum atomic E-state index is 9.71. The van der Waals surface area contributed by atoms with Crippen LogP contribution in [0.15, 0.2) is 0 Å². The quantitative estimate of drug-likeness (QED) is 0.698. The maximum absolute atomic E-state index is 9.71. The number of hydrogen-bond donors (Lipinski definition) is 2. The van der Waals surface area contributed by atoms with Gasteiger partial charge in [-0.15, -0.1) is 0 Å². The van der Waals surface area contributed by atoms with E-state index >= 15 is 0 Å². The molecule has 0 bridgehead atoms. The molecule has 0 aromatic heterocycles. The van der Waals surface area contributed by atoms with Crippen molar-refractivity contribution in [1.82, 2.24) is 10.2 Å². The normalized spacial score (nSPS) is 28.6. The first-order chi connectivity index (χ1) is 7.17. The fourth-order valence-electron chi connectivity index (χ4n) is 2.42. The minimum atomic E-state index is -0.121. The van der Waals surface area contributed by atoms with Gasteiger partial charge < -0.3 is 15.3 Å². The number of aliphatic hydroxyl groups excluding tert-OH is 1. The summed E-state index contributed by atoms with van der Waals surface area (Å²) < 4.78 is 0. The molecule has 0 amide bonds. The molecule has 0 aromatic carbocycles. The summed E-state index contributed by atoms with van der Waals surface area (Å²) in [7, 11) is 0. The molecule has 1 aliphatic carbocycles. The molecule has 15 heavy (non-hydrogen) atoms. The molecule has 1 unspecified atom stereocenters. The van der Waals surface area contributed by atoms with Crippen LogP contribution in [0.5, 0.6) is 0 Å². The molecule has 1 saturated carbocycles. The number of aliphatic hydroxyl groups is 1. The minimum Gasteiger partial charge on any atom is -0.392 e. The van der Waals surface area contributed by atoms with Crippen LogP contribution < -0.4 is 5.32 Å². The molecular weight excluding hydrogens is 188 g/mol. The second kappa shape index (κ2) is 6.46. The Balaban J connectivity index is 2.25. The Morgan fingerprint density at radius 3 is 2.47 bits per heavy atom. The summed E-state index contributed by atoms with van der Waals surface area (Å²) in [6, 6.07) is 0.804. The molecule has 1 aliphatic rings. The van der Waals surface area contributed by atoms with Crippen LogP contribution in [0.1, 0.15) is 40.0 Å². The number of nitrogens with zero attached hydrogens (tertiary/aromatic N) is 1. The first-order valence-electron chi connectivity index (χ1n) is 6.33. The van der Waals surface area contributed by atoms with Gasteiger partial charge in [-0.25, -0.2) is 0 Å². The van der Waals surface area contributed by atoms with E-state index in [-0.39, 0.29) is 6.10 Å². The zero-order chi connectivity index (χ0) is 11.3. The number of likely N-dealkylation sites (N-methyl/N-ethyl adjacent to an activating group) is 1. The Morgan fingerprint density at radius 1 is 1.33 bits per heavy atom. The third kappa shape index (κ3) is 4.09. The lowest BCUT2D eigenvalue weighted by molar-refractivity contribution is 0.138. The lowest BCUT2D eigenvalue weighted by atomic mass is 10.2. The van der Waals surface area contributed by atoms with Crippen LogP contribution in [0.4, 0.5) is 0 Å². The third-order valence-electron chi connectivity index (χ3n) is 3.40. The number of nitrogens with one attached hydrogen (secondary N) is 1. The minimum absolute atomic E-state index is 0.121. The van der Waals surface area contributed by atoms with Gasteiger partial charge in [0.15, 0.2) is 0 Å². The molecule has 2 N–H and O–H groups in total. The summed E-state index contributed by atoms with van der Waals surface area (Å²) >= 11 is 0. The molecule has 1 rings (SSSR count). The van der Waals surface area contributed by atoms with Gasteiger partial charge in [-0.2, -0.15) is 0 Å². The first kappa shape index (κ1) is 12.9. The zero-order valence-corrected chi connectivity index (χ0v) is 10.4. The second-order valence-electron chi connectivity index (χ2n) is 4.66. The van der Waals surface area contributed by atoms with E-state index in [2.05, 4.69) is 31.0 Å². The summed E-state index contributed by atoms with van der Waals surface area (Å²) in [5.41, 5.74) is 0. The van der Waals surface area contributed by atoms with E-state index in [9.17, 15) is 5.11 Å². The fourth-order valence-corrected chi connectivity index (χ4v) is 2.42. The highest BCUT2D eigenvalue weighted by molar-refractivity contribution is 4.85. The molecule has 1 fully saturated rings. The lowest BCUT2D eigenvalue weighted by Gasteiger charge is -2.27. The van der Waals surface area contributed by atoms with Gasteiger partial charge in [-0.3, -0.25) is 0 Å². The maximum Gasteiger partial charge on any atom is 0.0693 e. The predicted molar refractivity (Wildman–Crippen MR) is 64.0 cm³/mol. The van der Waals surface area contributed by atoms with Crippen molar-refractivity contribution in [2.45, 2.75) is 58.2 Å². The highest BCUT2D eigenvalue weighted by atomic mass is 16.3. The Morgan fingerprint density at radius 2 is 2.00 bits per heavy atom. The summed E-state index contributed by atoms with van der Waals surface area (Å²) in [4.78, 5) is 2.42. The van der Waals surface area contributed by atoms with E-state index < -0.39 is 0 Å². The Bertz CT molecular complexity index is 171. The SMILES string of the molecule is CCN(CC)CC(C)N[C@H]1CCC[C@@H]1O. The van der Waals surface area contributed by atoms with E-state index in [0.29, 0.717) is 12.1 Å². The van der Waals surface area contributed by atoms with Crippen LogP contribution in [0, 0.1) is 0 Å². The smallest absolute Gasteiger partial charge is 0.0693 e. The van der Waals surface area contributed by atoms with Crippen LogP contribution >= 0.6 is 0 Å². The van der Waals surface area contributed by atoms with Crippen molar-refractivity contribution in [2.75, 3.05) is 19.6 Å². The van der Waals surface area contributed by atoms with Gasteiger partial charge in [-0.1, -0.05) is 13.8 Å². The average Bonchev–Trinajstić information content (AvgIpc) is 2.61. The number of hydrogen-bond acceptors (Lipinski definition) is 3. The number of rotatable bonds is 6. The van der Waals surface area contributed by atoms with Crippen LogP contribution in [0.3, 0.4) is 0 Å². The summed E-state index contributed by atoms with van der Waals surface area (Å²) in [6.07, 6.45) is 3.14. The van der Waals surface area contributed by atoms with Crippen molar-refractivity contribution in [3.8, 4) is 0 Å². The highest BCUT2D eigenvalue weighted by Gasteiger charge is 2.26. The molecular formula is C12H26N2O. The van der Waals surface area contributed by atoms with Gasteiger partial charge in [0, 0.05) is 18.6 Å². The standard InChI is InChI=1S/C12H26N2O/c1-4-14(5-2)9-10(3)13-11-7-6-8-12(11)15/h10-13,15H,4-9H2,1-3H3/t10?,11-,12-/m0/s1. The Kier molecular flexibility index (Phi) is 5.58. The van der Waals surface area contributed by atoms with E-state index in [1.807, 2.05) is 0 Å². The van der Waals surface area contributed by atoms with Crippen LogP contribution in [-0.2, 0) is 0 Å². The fraction of sp³-hybridized carbons (Fsp3) is 1.00. The van der Waals surface area contributed by atoms with Crippen LogP contribution in [0.2, 0.25) is 0 Å². The summed E-state index contributed by atoms with van der Waals surface area (Å²) in [6.45, 7) is 9.90. The molecule has 0 aromatic rings. The van der Waals surface area contributed by atoms with Crippen molar-refractivity contribution in [2.24, 2.45) is 0 Å². The van der Waals surface area contributed by atoms with E-state index in [1.165, 1.54) is 0 Å². The van der Waals surface area contributed by atoms with Crippen LogP contribution in [-0.4, -0.2) is 47.8 Å². The summed E-state index contributed by atoms with van der Waals surface area (Å²) in [5, 5.41) is 13.2. The Labute approximate surface area is 93.9 Å². The molecule has 0 heterocycles. The topological polar surface area (TPSA) is 35.5 Å².